The van der Waals surface area contributed by atoms with Crippen molar-refractivity contribution in [3.63, 3.8) is 0 Å². The average molecular weight is 224 g/mol. The minimum Gasteiger partial charge on any atom is -0.480 e. The van der Waals surface area contributed by atoms with E-state index in [1.54, 1.807) is 0 Å². The molecule has 0 saturated carbocycles. The van der Waals surface area contributed by atoms with E-state index in [4.69, 9.17) is 10.8 Å². The molecule has 16 heavy (non-hydrogen) atoms. The van der Waals surface area contributed by atoms with Crippen LogP contribution in [0.2, 0.25) is 0 Å². The van der Waals surface area contributed by atoms with Gasteiger partial charge >= 0.3 is 5.97 Å². The quantitative estimate of drug-likeness (QED) is 0.712. The van der Waals surface area contributed by atoms with Crippen LogP contribution in [0, 0.1) is 0 Å². The molecule has 0 spiro atoms. The highest BCUT2D eigenvalue weighted by molar-refractivity contribution is 5.96. The van der Waals surface area contributed by atoms with E-state index in [2.05, 4.69) is 9.97 Å². The van der Waals surface area contributed by atoms with Gasteiger partial charge in [-0.2, -0.15) is 0 Å². The van der Waals surface area contributed by atoms with Crippen LogP contribution in [0.4, 0.5) is 5.82 Å². The van der Waals surface area contributed by atoms with Crippen molar-refractivity contribution in [3.8, 4) is 0 Å². The number of rotatable bonds is 4. The van der Waals surface area contributed by atoms with Crippen LogP contribution in [0.15, 0.2) is 12.4 Å². The summed E-state index contributed by atoms with van der Waals surface area (Å²) < 4.78 is 0. The molecule has 1 atom stereocenters. The molecule has 1 amide bonds. The van der Waals surface area contributed by atoms with Gasteiger partial charge < -0.3 is 15.7 Å². The number of carboxylic acids is 1. The molecule has 3 N–H and O–H groups in total. The average Bonchev–Trinajstić information content (AvgIpc) is 2.26. The molecule has 7 nitrogen and oxygen atoms in total. The number of carbonyl (C=O) groups excluding carboxylic acids is 1. The summed E-state index contributed by atoms with van der Waals surface area (Å²) in [6.07, 6.45) is 2.69. The molecular formula is C9H12N4O3. The van der Waals surface area contributed by atoms with E-state index in [9.17, 15) is 9.59 Å². The summed E-state index contributed by atoms with van der Waals surface area (Å²) in [5, 5.41) is 8.84. The van der Waals surface area contributed by atoms with Gasteiger partial charge in [0.2, 0.25) is 0 Å². The zero-order chi connectivity index (χ0) is 12.3. The monoisotopic (exact) mass is 224 g/mol. The summed E-state index contributed by atoms with van der Waals surface area (Å²) in [4.78, 5) is 30.9. The van der Waals surface area contributed by atoms with E-state index in [1.807, 2.05) is 0 Å². The van der Waals surface area contributed by atoms with Crippen molar-refractivity contribution in [1.82, 2.24) is 9.97 Å². The van der Waals surface area contributed by atoms with Gasteiger partial charge in [0.25, 0.3) is 5.91 Å². The highest BCUT2D eigenvalue weighted by atomic mass is 16.4. The predicted molar refractivity (Wildman–Crippen MR) is 56.1 cm³/mol. The number of likely N-dealkylation sites (N-methyl/N-ethyl adjacent to an activating group) is 1. The number of carbonyl (C=O) groups is 2. The first-order chi connectivity index (χ1) is 7.45. The van der Waals surface area contributed by atoms with Crippen LogP contribution in [0.3, 0.4) is 0 Å². The van der Waals surface area contributed by atoms with Gasteiger partial charge in [-0.05, 0) is 6.92 Å². The summed E-state index contributed by atoms with van der Waals surface area (Å²) >= 11 is 0. The number of primary amides is 1. The summed E-state index contributed by atoms with van der Waals surface area (Å²) in [5.74, 6) is -1.61. The van der Waals surface area contributed by atoms with Gasteiger partial charge in [-0.15, -0.1) is 0 Å². The summed E-state index contributed by atoms with van der Waals surface area (Å²) in [5.41, 5.74) is 5.07. The van der Waals surface area contributed by atoms with Crippen LogP contribution in [-0.2, 0) is 4.79 Å². The Kier molecular flexibility index (Phi) is 3.39. The highest BCUT2D eigenvalue weighted by Crippen LogP contribution is 2.15. The molecule has 1 unspecified atom stereocenters. The Bertz CT molecular complexity index is 421. The molecule has 1 aromatic rings. The number of amides is 1. The highest BCUT2D eigenvalue weighted by Gasteiger charge is 2.22. The van der Waals surface area contributed by atoms with Gasteiger partial charge in [0.1, 0.15) is 6.04 Å². The Morgan fingerprint density at radius 3 is 2.50 bits per heavy atom. The Labute approximate surface area is 91.9 Å². The summed E-state index contributed by atoms with van der Waals surface area (Å²) in [7, 11) is 1.51. The largest absolute Gasteiger partial charge is 0.480 e. The third-order valence-corrected chi connectivity index (χ3v) is 2.18. The molecule has 0 bridgehead atoms. The molecular weight excluding hydrogens is 212 g/mol. The number of aromatic nitrogens is 2. The van der Waals surface area contributed by atoms with E-state index in [1.165, 1.54) is 31.3 Å². The summed E-state index contributed by atoms with van der Waals surface area (Å²) in [6, 6.07) is -0.824. The second-order valence-corrected chi connectivity index (χ2v) is 3.22. The molecule has 0 fully saturated rings. The fourth-order valence-corrected chi connectivity index (χ4v) is 1.11. The van der Waals surface area contributed by atoms with Crippen LogP contribution in [0.5, 0.6) is 0 Å². The molecule has 0 aliphatic carbocycles. The van der Waals surface area contributed by atoms with E-state index < -0.39 is 17.9 Å². The van der Waals surface area contributed by atoms with Gasteiger partial charge in [-0.25, -0.2) is 14.8 Å². The number of nitrogens with two attached hydrogens (primary N) is 1. The second kappa shape index (κ2) is 4.56. The van der Waals surface area contributed by atoms with E-state index in [0.29, 0.717) is 0 Å². The number of anilines is 1. The van der Waals surface area contributed by atoms with E-state index in [-0.39, 0.29) is 11.5 Å². The lowest BCUT2D eigenvalue weighted by Gasteiger charge is -2.23. The fourth-order valence-electron chi connectivity index (χ4n) is 1.11. The van der Waals surface area contributed by atoms with Crippen molar-refractivity contribution in [2.75, 3.05) is 11.9 Å². The number of hydrogen-bond acceptors (Lipinski definition) is 5. The Balaban J connectivity index is 3.12. The van der Waals surface area contributed by atoms with Crippen LogP contribution >= 0.6 is 0 Å². The van der Waals surface area contributed by atoms with Crippen molar-refractivity contribution < 1.29 is 14.7 Å². The number of carboxylic acid groups (broad SMARTS) is 1. The van der Waals surface area contributed by atoms with Gasteiger partial charge in [-0.1, -0.05) is 0 Å². The molecule has 86 valence electrons. The Hall–Kier alpha value is -2.18. The lowest BCUT2D eigenvalue weighted by Crippen LogP contribution is -2.38. The zero-order valence-corrected chi connectivity index (χ0v) is 8.91. The van der Waals surface area contributed by atoms with Gasteiger partial charge in [0.15, 0.2) is 11.5 Å². The maximum Gasteiger partial charge on any atom is 0.326 e. The van der Waals surface area contributed by atoms with Crippen molar-refractivity contribution in [2.45, 2.75) is 13.0 Å². The first kappa shape index (κ1) is 11.9. The maximum absolute atomic E-state index is 11.1. The van der Waals surface area contributed by atoms with Crippen molar-refractivity contribution >= 4 is 17.7 Å². The smallest absolute Gasteiger partial charge is 0.326 e. The van der Waals surface area contributed by atoms with Crippen LogP contribution in [0.25, 0.3) is 0 Å². The Morgan fingerprint density at radius 2 is 2.00 bits per heavy atom. The predicted octanol–water partition coefficient (Wildman–Crippen LogP) is -0.515. The van der Waals surface area contributed by atoms with Gasteiger partial charge in [0.05, 0.1) is 0 Å². The first-order valence-corrected chi connectivity index (χ1v) is 4.51. The van der Waals surface area contributed by atoms with E-state index >= 15 is 0 Å². The number of hydrogen-bond donors (Lipinski definition) is 2. The zero-order valence-electron chi connectivity index (χ0n) is 8.91. The topological polar surface area (TPSA) is 109 Å². The number of aliphatic carboxylic acids is 1. The molecule has 0 aromatic carbocycles. The summed E-state index contributed by atoms with van der Waals surface area (Å²) in [6.45, 7) is 1.47. The van der Waals surface area contributed by atoms with Gasteiger partial charge in [0, 0.05) is 19.4 Å². The number of nitrogens with zero attached hydrogens (tertiary/aromatic N) is 3. The molecule has 1 heterocycles. The van der Waals surface area contributed by atoms with Crippen LogP contribution in [-0.4, -0.2) is 40.0 Å². The third kappa shape index (κ3) is 2.25. The van der Waals surface area contributed by atoms with Crippen molar-refractivity contribution in [1.29, 1.82) is 0 Å². The van der Waals surface area contributed by atoms with Crippen molar-refractivity contribution in [2.24, 2.45) is 5.73 Å². The lowest BCUT2D eigenvalue weighted by atomic mass is 10.2. The normalized spacial score (nSPS) is 11.9. The van der Waals surface area contributed by atoms with Gasteiger partial charge in [-0.3, -0.25) is 4.79 Å². The fraction of sp³-hybridized carbons (Fsp3) is 0.333. The second-order valence-electron chi connectivity index (χ2n) is 3.22. The maximum atomic E-state index is 11.1. The van der Waals surface area contributed by atoms with Crippen molar-refractivity contribution in [3.05, 3.63) is 18.1 Å². The molecule has 0 aliphatic rings. The molecule has 1 rings (SSSR count). The SMILES string of the molecule is CC(C(=O)O)N(C)c1nccnc1C(N)=O. The molecule has 7 heteroatoms. The molecule has 1 aromatic heterocycles. The minimum atomic E-state index is -1.02. The van der Waals surface area contributed by atoms with Crippen LogP contribution < -0.4 is 10.6 Å². The standard InChI is InChI=1S/C9H12N4O3/c1-5(9(15)16)13(2)8-6(7(10)14)11-3-4-12-8/h3-5H,1-2H3,(H2,10,14)(H,15,16). The van der Waals surface area contributed by atoms with Crippen LogP contribution in [0.1, 0.15) is 17.4 Å². The van der Waals surface area contributed by atoms with E-state index in [0.717, 1.165) is 0 Å². The molecule has 0 aliphatic heterocycles. The lowest BCUT2D eigenvalue weighted by molar-refractivity contribution is -0.138. The first-order valence-electron chi connectivity index (χ1n) is 4.51. The molecule has 0 radical (unpaired) electrons. The molecule has 0 saturated heterocycles. The Morgan fingerprint density at radius 1 is 1.44 bits per heavy atom. The minimum absolute atomic E-state index is 0.0434. The third-order valence-electron chi connectivity index (χ3n) is 2.18.